The highest BCUT2D eigenvalue weighted by Crippen LogP contribution is 2.25. The molecule has 1 atom stereocenters. The van der Waals surface area contributed by atoms with Crippen LogP contribution in [0, 0.1) is 0 Å². The van der Waals surface area contributed by atoms with Crippen molar-refractivity contribution < 1.29 is 14.3 Å². The minimum atomic E-state index is -0.884. The molecule has 0 bridgehead atoms. The van der Waals surface area contributed by atoms with Crippen molar-refractivity contribution in [3.05, 3.63) is 21.4 Å². The average molecular weight is 211 g/mol. The number of carbonyl (C=O) groups excluding carboxylic acids is 2. The summed E-state index contributed by atoms with van der Waals surface area (Å²) < 4.78 is 5.08. The Morgan fingerprint density at radius 1 is 1.64 bits per heavy atom. The molecule has 74 valence electrons. The van der Waals surface area contributed by atoms with Gasteiger partial charge in [-0.2, -0.15) is 0 Å². The normalized spacial score (nSPS) is 21.5. The fraction of sp³-hybridized carbons (Fsp3) is 0.333. The molecular weight excluding hydrogens is 202 g/mol. The summed E-state index contributed by atoms with van der Waals surface area (Å²) in [7, 11) is 0. The maximum absolute atomic E-state index is 11.6. The molecule has 0 radical (unpaired) electrons. The van der Waals surface area contributed by atoms with Crippen LogP contribution in [0.15, 0.2) is 6.07 Å². The third kappa shape index (κ3) is 1.50. The number of rotatable bonds is 1. The standard InChI is InChI=1S/C9H9NO3S/c10-9-8(12)6-3-5(4-11)14-7(6)1-2-13-9/h3-4,9H,1-2,10H2. The van der Waals surface area contributed by atoms with Gasteiger partial charge in [0.2, 0.25) is 5.78 Å². The van der Waals surface area contributed by atoms with Crippen molar-refractivity contribution in [2.45, 2.75) is 12.6 Å². The van der Waals surface area contributed by atoms with Crippen molar-refractivity contribution in [1.29, 1.82) is 0 Å². The Bertz CT molecular complexity index is 385. The van der Waals surface area contributed by atoms with Crippen LogP contribution in [0.1, 0.15) is 24.9 Å². The second kappa shape index (κ2) is 3.61. The minimum Gasteiger partial charge on any atom is -0.355 e. The topological polar surface area (TPSA) is 69.4 Å². The van der Waals surface area contributed by atoms with E-state index < -0.39 is 6.23 Å². The summed E-state index contributed by atoms with van der Waals surface area (Å²) in [6.07, 6.45) is 0.511. The molecule has 1 unspecified atom stereocenters. The van der Waals surface area contributed by atoms with E-state index in [1.165, 1.54) is 11.3 Å². The molecule has 14 heavy (non-hydrogen) atoms. The van der Waals surface area contributed by atoms with Gasteiger partial charge < -0.3 is 4.74 Å². The molecule has 1 aromatic heterocycles. The van der Waals surface area contributed by atoms with Crippen LogP contribution in [-0.4, -0.2) is 24.9 Å². The zero-order valence-corrected chi connectivity index (χ0v) is 8.17. The number of aldehydes is 1. The summed E-state index contributed by atoms with van der Waals surface area (Å²) in [6.45, 7) is 0.429. The number of hydrogen-bond donors (Lipinski definition) is 1. The number of thiophene rings is 1. The van der Waals surface area contributed by atoms with E-state index in [0.717, 1.165) is 11.2 Å². The van der Waals surface area contributed by atoms with E-state index in [-0.39, 0.29) is 5.78 Å². The fourth-order valence-corrected chi connectivity index (χ4v) is 2.37. The lowest BCUT2D eigenvalue weighted by atomic mass is 10.1. The van der Waals surface area contributed by atoms with Crippen LogP contribution in [-0.2, 0) is 11.2 Å². The van der Waals surface area contributed by atoms with E-state index in [9.17, 15) is 9.59 Å². The van der Waals surface area contributed by atoms with Crippen molar-refractivity contribution in [2.24, 2.45) is 5.73 Å². The first-order valence-electron chi connectivity index (χ1n) is 4.21. The molecule has 2 N–H and O–H groups in total. The Labute approximate surface area is 84.7 Å². The van der Waals surface area contributed by atoms with Crippen LogP contribution in [0.2, 0.25) is 0 Å². The SMILES string of the molecule is NC1OCCc2sc(C=O)cc2C1=O. The van der Waals surface area contributed by atoms with Crippen LogP contribution in [0.4, 0.5) is 0 Å². The van der Waals surface area contributed by atoms with Gasteiger partial charge in [0.15, 0.2) is 12.5 Å². The van der Waals surface area contributed by atoms with Crippen molar-refractivity contribution in [2.75, 3.05) is 6.61 Å². The number of ketones is 1. The zero-order chi connectivity index (χ0) is 10.1. The molecule has 0 aromatic carbocycles. The van der Waals surface area contributed by atoms with Crippen LogP contribution in [0.3, 0.4) is 0 Å². The van der Waals surface area contributed by atoms with Gasteiger partial charge in [-0.15, -0.1) is 11.3 Å². The van der Waals surface area contributed by atoms with Gasteiger partial charge in [-0.25, -0.2) is 0 Å². The fourth-order valence-electron chi connectivity index (χ4n) is 1.41. The molecule has 0 spiro atoms. The maximum atomic E-state index is 11.6. The van der Waals surface area contributed by atoms with Gasteiger partial charge in [0.05, 0.1) is 11.5 Å². The summed E-state index contributed by atoms with van der Waals surface area (Å²) in [4.78, 5) is 23.6. The lowest BCUT2D eigenvalue weighted by Crippen LogP contribution is -2.32. The quantitative estimate of drug-likeness (QED) is 0.691. The van der Waals surface area contributed by atoms with Gasteiger partial charge in [-0.1, -0.05) is 0 Å². The van der Waals surface area contributed by atoms with Gasteiger partial charge in [-0.3, -0.25) is 15.3 Å². The number of nitrogens with two attached hydrogens (primary N) is 1. The molecule has 1 aliphatic heterocycles. The summed E-state index contributed by atoms with van der Waals surface area (Å²) >= 11 is 1.33. The van der Waals surface area contributed by atoms with Gasteiger partial charge in [0.1, 0.15) is 0 Å². The lowest BCUT2D eigenvalue weighted by molar-refractivity contribution is 0.0476. The Kier molecular flexibility index (Phi) is 2.45. The van der Waals surface area contributed by atoms with Crippen molar-refractivity contribution >= 4 is 23.4 Å². The third-order valence-electron chi connectivity index (χ3n) is 2.09. The monoisotopic (exact) mass is 211 g/mol. The first-order valence-corrected chi connectivity index (χ1v) is 5.03. The molecule has 0 saturated heterocycles. The number of carbonyl (C=O) groups is 2. The highest BCUT2D eigenvalue weighted by Gasteiger charge is 2.25. The third-order valence-corrected chi connectivity index (χ3v) is 3.21. The minimum absolute atomic E-state index is 0.234. The molecule has 0 fully saturated rings. The second-order valence-electron chi connectivity index (χ2n) is 3.01. The molecule has 2 rings (SSSR count). The van der Waals surface area contributed by atoms with E-state index >= 15 is 0 Å². The molecule has 0 saturated carbocycles. The van der Waals surface area contributed by atoms with Crippen LogP contribution >= 0.6 is 11.3 Å². The molecule has 4 nitrogen and oxygen atoms in total. The van der Waals surface area contributed by atoms with Crippen LogP contribution in [0.25, 0.3) is 0 Å². The van der Waals surface area contributed by atoms with Crippen molar-refractivity contribution in [1.82, 2.24) is 0 Å². The number of hydrogen-bond acceptors (Lipinski definition) is 5. The van der Waals surface area contributed by atoms with Gasteiger partial charge >= 0.3 is 0 Å². The predicted octanol–water partition coefficient (Wildman–Crippen LogP) is 0.601. The Morgan fingerprint density at radius 2 is 2.43 bits per heavy atom. The maximum Gasteiger partial charge on any atom is 0.207 e. The number of Topliss-reactive ketones (excluding diaryl/α,β-unsaturated/α-hetero) is 1. The first-order chi connectivity index (χ1) is 6.72. The average Bonchev–Trinajstić information content (AvgIpc) is 2.55. The van der Waals surface area contributed by atoms with Gasteiger partial charge in [0, 0.05) is 16.9 Å². The Hall–Kier alpha value is -1.04. The van der Waals surface area contributed by atoms with E-state index in [1.54, 1.807) is 6.07 Å². The van der Waals surface area contributed by atoms with E-state index in [2.05, 4.69) is 0 Å². The first kappa shape index (κ1) is 9.51. The van der Waals surface area contributed by atoms with Crippen LogP contribution < -0.4 is 5.73 Å². The summed E-state index contributed by atoms with van der Waals surface area (Å²) in [6, 6.07) is 1.59. The van der Waals surface area contributed by atoms with E-state index in [4.69, 9.17) is 10.5 Å². The second-order valence-corrected chi connectivity index (χ2v) is 4.18. The summed E-state index contributed by atoms with van der Waals surface area (Å²) in [5.41, 5.74) is 6.03. The molecule has 0 amide bonds. The largest absolute Gasteiger partial charge is 0.355 e. The predicted molar refractivity (Wildman–Crippen MR) is 51.7 cm³/mol. The van der Waals surface area contributed by atoms with Gasteiger partial charge in [-0.05, 0) is 6.07 Å². The van der Waals surface area contributed by atoms with Crippen LogP contribution in [0.5, 0.6) is 0 Å². The Morgan fingerprint density at radius 3 is 3.14 bits per heavy atom. The number of ether oxygens (including phenoxy) is 1. The molecule has 2 heterocycles. The molecule has 5 heteroatoms. The summed E-state index contributed by atoms with van der Waals surface area (Å²) in [5.74, 6) is -0.234. The van der Waals surface area contributed by atoms with Crippen molar-refractivity contribution in [3.8, 4) is 0 Å². The van der Waals surface area contributed by atoms with E-state index in [1.807, 2.05) is 0 Å². The highest BCUT2D eigenvalue weighted by atomic mass is 32.1. The molecule has 1 aromatic rings. The number of fused-ring (bicyclic) bond motifs is 1. The summed E-state index contributed by atoms with van der Waals surface area (Å²) in [5, 5.41) is 0. The smallest absolute Gasteiger partial charge is 0.207 e. The lowest BCUT2D eigenvalue weighted by Gasteiger charge is -2.05. The zero-order valence-electron chi connectivity index (χ0n) is 7.36. The van der Waals surface area contributed by atoms with Crippen molar-refractivity contribution in [3.63, 3.8) is 0 Å². The van der Waals surface area contributed by atoms with Gasteiger partial charge in [0.25, 0.3) is 0 Å². The molecule has 0 aliphatic carbocycles. The van der Waals surface area contributed by atoms with E-state index in [0.29, 0.717) is 23.5 Å². The molecular formula is C9H9NO3S. The molecule has 1 aliphatic rings. The highest BCUT2D eigenvalue weighted by molar-refractivity contribution is 7.14. The Balaban J connectivity index is 2.45.